The molecule has 0 N–H and O–H groups in total. The van der Waals surface area contributed by atoms with Crippen LogP contribution in [0, 0.1) is 11.7 Å². The maximum absolute atomic E-state index is 13.3. The van der Waals surface area contributed by atoms with Gasteiger partial charge in [-0.05, 0) is 36.5 Å². The Morgan fingerprint density at radius 2 is 2.38 bits per heavy atom. The average Bonchev–Trinajstić information content (AvgIpc) is 3.23. The van der Waals surface area contributed by atoms with Gasteiger partial charge in [0.05, 0.1) is 12.5 Å². The molecule has 1 aromatic carbocycles. The molecule has 6 heteroatoms. The first-order chi connectivity index (χ1) is 11.7. The molecule has 1 aromatic heterocycles. The molecule has 0 saturated carbocycles. The van der Waals surface area contributed by atoms with Gasteiger partial charge in [0.2, 0.25) is 5.91 Å². The van der Waals surface area contributed by atoms with Gasteiger partial charge in [-0.3, -0.25) is 4.79 Å². The Morgan fingerprint density at radius 3 is 3.17 bits per heavy atom. The van der Waals surface area contributed by atoms with Crippen molar-refractivity contribution in [3.05, 3.63) is 52.2 Å². The van der Waals surface area contributed by atoms with E-state index >= 15 is 0 Å². The molecule has 3 atom stereocenters. The number of fused-ring (bicyclic) bond motifs is 1. The molecule has 126 valence electrons. The summed E-state index contributed by atoms with van der Waals surface area (Å²) in [5.41, 5.74) is 0.718. The lowest BCUT2D eigenvalue weighted by Gasteiger charge is -2.34. The van der Waals surface area contributed by atoms with Gasteiger partial charge >= 0.3 is 0 Å². The van der Waals surface area contributed by atoms with Crippen LogP contribution in [0.4, 0.5) is 4.39 Å². The molecule has 24 heavy (non-hydrogen) atoms. The quantitative estimate of drug-likeness (QED) is 0.857. The summed E-state index contributed by atoms with van der Waals surface area (Å²) in [5.74, 6) is 0.238. The molecule has 2 aliphatic heterocycles. The fourth-order valence-electron chi connectivity index (χ4n) is 3.64. The molecule has 4 rings (SSSR count). The Bertz CT molecular complexity index is 722. The minimum absolute atomic E-state index is 0.0420. The highest BCUT2D eigenvalue weighted by molar-refractivity contribution is 7.09. The van der Waals surface area contributed by atoms with E-state index in [1.54, 1.807) is 29.7 Å². The van der Waals surface area contributed by atoms with Crippen molar-refractivity contribution in [2.75, 3.05) is 13.1 Å². The molecule has 4 nitrogen and oxygen atoms in total. The fraction of sp³-hybridized carbons (Fsp3) is 0.444. The summed E-state index contributed by atoms with van der Waals surface area (Å²) in [4.78, 5) is 18.7. The lowest BCUT2D eigenvalue weighted by atomic mass is 9.91. The molecular weight excluding hydrogens is 327 g/mol. The van der Waals surface area contributed by atoms with Gasteiger partial charge in [-0.2, -0.15) is 0 Å². The highest BCUT2D eigenvalue weighted by Gasteiger charge is 2.41. The molecule has 2 aromatic rings. The van der Waals surface area contributed by atoms with Crippen molar-refractivity contribution in [3.63, 3.8) is 0 Å². The number of hydrogen-bond acceptors (Lipinski definition) is 4. The highest BCUT2D eigenvalue weighted by Crippen LogP contribution is 2.41. The zero-order chi connectivity index (χ0) is 16.5. The van der Waals surface area contributed by atoms with Crippen molar-refractivity contribution in [2.45, 2.75) is 31.5 Å². The number of piperidine rings is 1. The normalized spacial score (nSPS) is 26.4. The zero-order valence-electron chi connectivity index (χ0n) is 13.2. The first-order valence-corrected chi connectivity index (χ1v) is 9.14. The number of hydrogen-bond donors (Lipinski definition) is 0. The lowest BCUT2D eigenvalue weighted by molar-refractivity contribution is -0.134. The molecule has 0 aliphatic carbocycles. The second-order valence-corrected chi connectivity index (χ2v) is 7.39. The van der Waals surface area contributed by atoms with E-state index in [0.717, 1.165) is 30.0 Å². The Hall–Kier alpha value is -1.79. The first-order valence-electron chi connectivity index (χ1n) is 8.26. The van der Waals surface area contributed by atoms with Crippen molar-refractivity contribution < 1.29 is 13.9 Å². The van der Waals surface area contributed by atoms with Crippen LogP contribution < -0.4 is 0 Å². The van der Waals surface area contributed by atoms with Gasteiger partial charge in [-0.1, -0.05) is 12.1 Å². The Kier molecular flexibility index (Phi) is 4.33. The molecule has 3 heterocycles. The van der Waals surface area contributed by atoms with Crippen LogP contribution in [0.25, 0.3) is 0 Å². The summed E-state index contributed by atoms with van der Waals surface area (Å²) < 4.78 is 19.4. The number of amides is 1. The number of likely N-dealkylation sites (tertiary alicyclic amines) is 1. The van der Waals surface area contributed by atoms with Crippen LogP contribution in [0.15, 0.2) is 35.8 Å². The Labute approximate surface area is 144 Å². The number of halogens is 1. The van der Waals surface area contributed by atoms with E-state index in [0.29, 0.717) is 12.5 Å². The summed E-state index contributed by atoms with van der Waals surface area (Å²) in [6.45, 7) is 1.38. The molecule has 1 amide bonds. The molecule has 0 unspecified atom stereocenters. The van der Waals surface area contributed by atoms with Crippen molar-refractivity contribution in [1.82, 2.24) is 9.88 Å². The van der Waals surface area contributed by atoms with Crippen LogP contribution in [0.1, 0.15) is 29.5 Å². The van der Waals surface area contributed by atoms with Crippen molar-refractivity contribution >= 4 is 17.2 Å². The van der Waals surface area contributed by atoms with Gasteiger partial charge in [0.15, 0.2) is 0 Å². The number of ether oxygens (including phenoxy) is 1. The fourth-order valence-corrected chi connectivity index (χ4v) is 4.33. The molecule has 0 radical (unpaired) electrons. The van der Waals surface area contributed by atoms with E-state index < -0.39 is 0 Å². The predicted molar refractivity (Wildman–Crippen MR) is 89.1 cm³/mol. The van der Waals surface area contributed by atoms with E-state index in [1.807, 2.05) is 10.3 Å². The number of carbonyl (C=O) groups is 1. The minimum Gasteiger partial charge on any atom is -0.366 e. The third-order valence-corrected chi connectivity index (χ3v) is 5.74. The summed E-state index contributed by atoms with van der Waals surface area (Å²) in [7, 11) is 0. The molecule has 0 bridgehead atoms. The SMILES string of the molecule is O=C(Cc1cccc(F)c1)N1CC[C@@H]2C[C@H](c3nccs3)O[C@H]2C1. The van der Waals surface area contributed by atoms with Crippen molar-refractivity contribution in [1.29, 1.82) is 0 Å². The maximum Gasteiger partial charge on any atom is 0.227 e. The van der Waals surface area contributed by atoms with Crippen LogP contribution >= 0.6 is 11.3 Å². The second kappa shape index (κ2) is 6.61. The van der Waals surface area contributed by atoms with Crippen LogP contribution in [0.3, 0.4) is 0 Å². The third kappa shape index (κ3) is 3.21. The number of aromatic nitrogens is 1. The van der Waals surface area contributed by atoms with Gasteiger partial charge in [-0.15, -0.1) is 11.3 Å². The molecule has 2 saturated heterocycles. The second-order valence-electron chi connectivity index (χ2n) is 6.46. The standard InChI is InChI=1S/C18H19FN2O2S/c19-14-3-1-2-12(8-14)9-17(22)21-6-4-13-10-15(23-16(13)11-21)18-20-5-7-24-18/h1-3,5,7-8,13,15-16H,4,6,9-11H2/t13-,15-,16+/m1/s1. The highest BCUT2D eigenvalue weighted by atomic mass is 32.1. The zero-order valence-corrected chi connectivity index (χ0v) is 14.0. The van der Waals surface area contributed by atoms with Gasteiger partial charge in [0.25, 0.3) is 0 Å². The lowest BCUT2D eigenvalue weighted by Crippen LogP contribution is -2.45. The molecule has 2 aliphatic rings. The average molecular weight is 346 g/mol. The Balaban J connectivity index is 1.38. The molecule has 0 spiro atoms. The van der Waals surface area contributed by atoms with Crippen molar-refractivity contribution in [3.8, 4) is 0 Å². The van der Waals surface area contributed by atoms with Gasteiger partial charge in [0, 0.05) is 24.7 Å². The van der Waals surface area contributed by atoms with Gasteiger partial charge < -0.3 is 9.64 Å². The monoisotopic (exact) mass is 346 g/mol. The van der Waals surface area contributed by atoms with E-state index in [1.165, 1.54) is 12.1 Å². The number of benzene rings is 1. The third-order valence-electron chi connectivity index (χ3n) is 4.88. The van der Waals surface area contributed by atoms with Crippen LogP contribution in [-0.2, 0) is 16.0 Å². The number of rotatable bonds is 3. The summed E-state index contributed by atoms with van der Waals surface area (Å²) in [6, 6.07) is 6.25. The van der Waals surface area contributed by atoms with E-state index in [4.69, 9.17) is 4.74 Å². The Morgan fingerprint density at radius 1 is 1.46 bits per heavy atom. The first kappa shape index (κ1) is 15.7. The topological polar surface area (TPSA) is 42.4 Å². The summed E-state index contributed by atoms with van der Waals surface area (Å²) >= 11 is 1.62. The largest absolute Gasteiger partial charge is 0.366 e. The smallest absolute Gasteiger partial charge is 0.227 e. The van der Waals surface area contributed by atoms with E-state index in [9.17, 15) is 9.18 Å². The minimum atomic E-state index is -0.301. The van der Waals surface area contributed by atoms with Crippen LogP contribution in [-0.4, -0.2) is 35.0 Å². The summed E-state index contributed by atoms with van der Waals surface area (Å²) in [5, 5.41) is 3.00. The van der Waals surface area contributed by atoms with Gasteiger partial charge in [-0.25, -0.2) is 9.37 Å². The van der Waals surface area contributed by atoms with Gasteiger partial charge in [0.1, 0.15) is 16.9 Å². The maximum atomic E-state index is 13.3. The van der Waals surface area contributed by atoms with E-state index in [-0.39, 0.29) is 30.4 Å². The van der Waals surface area contributed by atoms with Crippen LogP contribution in [0.5, 0.6) is 0 Å². The van der Waals surface area contributed by atoms with E-state index in [2.05, 4.69) is 4.98 Å². The van der Waals surface area contributed by atoms with Crippen LogP contribution in [0.2, 0.25) is 0 Å². The van der Waals surface area contributed by atoms with Crippen molar-refractivity contribution in [2.24, 2.45) is 5.92 Å². The molecular formula is C18H19FN2O2S. The summed E-state index contributed by atoms with van der Waals surface area (Å²) in [6.07, 6.45) is 4.15. The number of carbonyl (C=O) groups excluding carboxylic acids is 1. The molecule has 2 fully saturated rings. The number of nitrogens with zero attached hydrogens (tertiary/aromatic N) is 2. The predicted octanol–water partition coefficient (Wildman–Crippen LogP) is 3.20. The number of thiazole rings is 1.